The lowest BCUT2D eigenvalue weighted by atomic mass is 10.1. The number of nitrogens with one attached hydrogen (secondary N) is 2. The minimum atomic E-state index is 0. The van der Waals surface area contributed by atoms with Gasteiger partial charge in [-0.25, -0.2) is 0 Å². The topological polar surface area (TPSA) is 68.0 Å². The first-order valence-corrected chi connectivity index (χ1v) is 10.4. The molecule has 2 aromatic carbocycles. The fraction of sp³-hybridized carbons (Fsp3) is 0.375. The molecule has 1 fully saturated rings. The second-order valence-corrected chi connectivity index (χ2v) is 7.64. The van der Waals surface area contributed by atoms with Gasteiger partial charge < -0.3 is 24.5 Å². The van der Waals surface area contributed by atoms with Crippen molar-refractivity contribution in [3.05, 3.63) is 64.9 Å². The van der Waals surface area contributed by atoms with Crippen molar-refractivity contribution in [2.24, 2.45) is 4.99 Å². The molecule has 3 aromatic rings. The van der Waals surface area contributed by atoms with Gasteiger partial charge in [-0.3, -0.25) is 4.99 Å². The van der Waals surface area contributed by atoms with Gasteiger partial charge in [-0.2, -0.15) is 0 Å². The van der Waals surface area contributed by atoms with Crippen LogP contribution in [0.5, 0.6) is 5.75 Å². The highest BCUT2D eigenvalue weighted by atomic mass is 127. The molecular weight excluding hydrogens is 505 g/mol. The van der Waals surface area contributed by atoms with E-state index >= 15 is 0 Å². The molecule has 1 aliphatic heterocycles. The average molecular weight is 535 g/mol. The number of guanidine groups is 1. The van der Waals surface area contributed by atoms with Crippen LogP contribution in [0.3, 0.4) is 0 Å². The van der Waals surface area contributed by atoms with E-state index in [-0.39, 0.29) is 30.1 Å². The van der Waals surface area contributed by atoms with Crippen LogP contribution in [0.2, 0.25) is 0 Å². The fourth-order valence-corrected chi connectivity index (χ4v) is 3.66. The SMILES string of the molecule is CN=C(NCc1ccc(C)cc1OC1CCOC1)NCc1oc2ccccc2c1C.I. The van der Waals surface area contributed by atoms with Gasteiger partial charge in [0.1, 0.15) is 23.2 Å². The molecule has 1 unspecified atom stereocenters. The van der Waals surface area contributed by atoms with Gasteiger partial charge in [-0.05, 0) is 31.5 Å². The van der Waals surface area contributed by atoms with Crippen molar-refractivity contribution in [1.82, 2.24) is 10.6 Å². The number of hydrogen-bond acceptors (Lipinski definition) is 4. The summed E-state index contributed by atoms with van der Waals surface area (Å²) in [5, 5.41) is 7.87. The molecule has 4 rings (SSSR count). The third-order valence-electron chi connectivity index (χ3n) is 5.43. The monoisotopic (exact) mass is 535 g/mol. The molecule has 1 atom stereocenters. The average Bonchev–Trinajstić information content (AvgIpc) is 3.37. The highest BCUT2D eigenvalue weighted by molar-refractivity contribution is 14.0. The number of hydrogen-bond donors (Lipinski definition) is 2. The van der Waals surface area contributed by atoms with Crippen LogP contribution in [0.25, 0.3) is 11.0 Å². The zero-order valence-electron chi connectivity index (χ0n) is 18.2. The first kappa shape index (κ1) is 23.4. The van der Waals surface area contributed by atoms with Gasteiger partial charge in [0, 0.05) is 36.5 Å². The van der Waals surface area contributed by atoms with E-state index in [4.69, 9.17) is 13.9 Å². The number of rotatable bonds is 6. The van der Waals surface area contributed by atoms with E-state index in [2.05, 4.69) is 53.7 Å². The number of furan rings is 1. The number of aryl methyl sites for hydroxylation is 2. The Morgan fingerprint density at radius 2 is 1.94 bits per heavy atom. The van der Waals surface area contributed by atoms with E-state index in [0.717, 1.165) is 46.6 Å². The molecule has 1 aliphatic rings. The normalized spacial score (nSPS) is 16.2. The summed E-state index contributed by atoms with van der Waals surface area (Å²) in [7, 11) is 1.77. The van der Waals surface area contributed by atoms with Gasteiger partial charge in [0.25, 0.3) is 0 Å². The molecule has 0 bridgehead atoms. The Labute approximate surface area is 200 Å². The summed E-state index contributed by atoms with van der Waals surface area (Å²) in [5.74, 6) is 2.53. The highest BCUT2D eigenvalue weighted by Gasteiger charge is 2.19. The Hall–Kier alpha value is -2.26. The Kier molecular flexibility index (Phi) is 8.20. The number of benzene rings is 2. The number of aliphatic imine (C=N–C) groups is 1. The molecule has 0 aliphatic carbocycles. The van der Waals surface area contributed by atoms with Gasteiger partial charge in [-0.15, -0.1) is 24.0 Å². The number of halogens is 1. The zero-order valence-corrected chi connectivity index (χ0v) is 20.6. The molecule has 2 heterocycles. The van der Waals surface area contributed by atoms with Crippen LogP contribution in [0.15, 0.2) is 51.9 Å². The molecule has 6 nitrogen and oxygen atoms in total. The molecule has 1 aromatic heterocycles. The van der Waals surface area contributed by atoms with Crippen molar-refractivity contribution in [3.8, 4) is 5.75 Å². The largest absolute Gasteiger partial charge is 0.488 e. The molecule has 1 saturated heterocycles. The zero-order chi connectivity index (χ0) is 20.9. The minimum Gasteiger partial charge on any atom is -0.488 e. The van der Waals surface area contributed by atoms with Gasteiger partial charge >= 0.3 is 0 Å². The lowest BCUT2D eigenvalue weighted by Gasteiger charge is -2.18. The maximum Gasteiger partial charge on any atom is 0.191 e. The van der Waals surface area contributed by atoms with Crippen molar-refractivity contribution in [2.45, 2.75) is 39.5 Å². The van der Waals surface area contributed by atoms with E-state index in [1.165, 1.54) is 5.56 Å². The summed E-state index contributed by atoms with van der Waals surface area (Å²) >= 11 is 0. The summed E-state index contributed by atoms with van der Waals surface area (Å²) in [6.07, 6.45) is 1.06. The van der Waals surface area contributed by atoms with Crippen LogP contribution in [0.4, 0.5) is 0 Å². The maximum atomic E-state index is 6.19. The second-order valence-electron chi connectivity index (χ2n) is 7.64. The van der Waals surface area contributed by atoms with Crippen molar-refractivity contribution < 1.29 is 13.9 Å². The number of fused-ring (bicyclic) bond motifs is 1. The predicted octanol–water partition coefficient (Wildman–Crippen LogP) is 4.70. The second kappa shape index (κ2) is 10.9. The highest BCUT2D eigenvalue weighted by Crippen LogP contribution is 2.25. The molecular formula is C24H30IN3O3. The van der Waals surface area contributed by atoms with Crippen molar-refractivity contribution in [1.29, 1.82) is 0 Å². The van der Waals surface area contributed by atoms with Gasteiger partial charge in [0.05, 0.1) is 19.8 Å². The molecule has 31 heavy (non-hydrogen) atoms. The Bertz CT molecular complexity index is 1040. The quantitative estimate of drug-likeness (QED) is 0.272. The van der Waals surface area contributed by atoms with Crippen LogP contribution in [0, 0.1) is 13.8 Å². The summed E-state index contributed by atoms with van der Waals surface area (Å²) < 4.78 is 17.6. The Morgan fingerprint density at radius 3 is 2.68 bits per heavy atom. The predicted molar refractivity (Wildman–Crippen MR) is 134 cm³/mol. The lowest BCUT2D eigenvalue weighted by Crippen LogP contribution is -2.36. The number of ether oxygens (including phenoxy) is 2. The number of para-hydroxylation sites is 1. The first-order valence-electron chi connectivity index (χ1n) is 10.4. The summed E-state index contributed by atoms with van der Waals surface area (Å²) in [6, 6.07) is 14.4. The molecule has 0 spiro atoms. The van der Waals surface area contributed by atoms with Crippen molar-refractivity contribution in [2.75, 3.05) is 20.3 Å². The van der Waals surface area contributed by atoms with E-state index in [1.807, 2.05) is 18.2 Å². The summed E-state index contributed by atoms with van der Waals surface area (Å²) in [6.45, 7) is 6.76. The van der Waals surface area contributed by atoms with Crippen LogP contribution < -0.4 is 15.4 Å². The van der Waals surface area contributed by atoms with Crippen molar-refractivity contribution >= 4 is 40.9 Å². The molecule has 7 heteroatoms. The van der Waals surface area contributed by atoms with Crippen LogP contribution in [-0.4, -0.2) is 32.3 Å². The van der Waals surface area contributed by atoms with E-state index < -0.39 is 0 Å². The first-order chi connectivity index (χ1) is 14.6. The van der Waals surface area contributed by atoms with Crippen LogP contribution in [0.1, 0.15) is 28.9 Å². The maximum absolute atomic E-state index is 6.19. The third-order valence-corrected chi connectivity index (χ3v) is 5.43. The summed E-state index contributed by atoms with van der Waals surface area (Å²) in [5.41, 5.74) is 4.33. The van der Waals surface area contributed by atoms with Crippen molar-refractivity contribution in [3.63, 3.8) is 0 Å². The lowest BCUT2D eigenvalue weighted by molar-refractivity contribution is 0.140. The Morgan fingerprint density at radius 1 is 1.13 bits per heavy atom. The third kappa shape index (κ3) is 5.71. The smallest absolute Gasteiger partial charge is 0.191 e. The Balaban J connectivity index is 0.00000272. The molecule has 0 saturated carbocycles. The molecule has 2 N–H and O–H groups in total. The van der Waals surface area contributed by atoms with E-state index in [1.54, 1.807) is 7.05 Å². The van der Waals surface area contributed by atoms with Crippen LogP contribution >= 0.6 is 24.0 Å². The van der Waals surface area contributed by atoms with Crippen LogP contribution in [-0.2, 0) is 17.8 Å². The minimum absolute atomic E-state index is 0. The molecule has 0 radical (unpaired) electrons. The fourth-order valence-electron chi connectivity index (χ4n) is 3.66. The van der Waals surface area contributed by atoms with Gasteiger partial charge in [-0.1, -0.05) is 30.3 Å². The van der Waals surface area contributed by atoms with E-state index in [9.17, 15) is 0 Å². The molecule has 0 amide bonds. The van der Waals surface area contributed by atoms with Gasteiger partial charge in [0.15, 0.2) is 5.96 Å². The standard InChI is InChI=1S/C24H29N3O3.HI/c1-16-8-9-18(22(12-16)29-19-10-11-28-15-19)13-26-24(25-3)27-14-23-17(2)20-6-4-5-7-21(20)30-23;/h4-9,12,19H,10-11,13-15H2,1-3H3,(H2,25,26,27);1H. The number of nitrogens with zero attached hydrogens (tertiary/aromatic N) is 1. The molecule has 166 valence electrons. The van der Waals surface area contributed by atoms with E-state index in [0.29, 0.717) is 25.7 Å². The summed E-state index contributed by atoms with van der Waals surface area (Å²) in [4.78, 5) is 4.34. The van der Waals surface area contributed by atoms with Gasteiger partial charge in [0.2, 0.25) is 0 Å².